The van der Waals surface area contributed by atoms with Gasteiger partial charge in [-0.2, -0.15) is 0 Å². The fraction of sp³-hybridized carbons (Fsp3) is 0.214. The third-order valence-electron chi connectivity index (χ3n) is 6.18. The molecule has 3 aromatic carbocycles. The zero-order valence-electron chi connectivity index (χ0n) is 19.2. The van der Waals surface area contributed by atoms with E-state index in [0.29, 0.717) is 16.3 Å². The van der Waals surface area contributed by atoms with Crippen molar-refractivity contribution in [2.75, 3.05) is 11.1 Å². The summed E-state index contributed by atoms with van der Waals surface area (Å²) in [5.74, 6) is -0.190. The highest BCUT2D eigenvalue weighted by Crippen LogP contribution is 2.31. The van der Waals surface area contributed by atoms with Gasteiger partial charge in [0.15, 0.2) is 0 Å². The molecule has 2 N–H and O–H groups in total. The van der Waals surface area contributed by atoms with E-state index in [1.807, 2.05) is 66.7 Å². The first-order valence-electron chi connectivity index (χ1n) is 11.8. The van der Waals surface area contributed by atoms with Crippen LogP contribution in [0.4, 0.5) is 5.69 Å². The zero-order valence-corrected chi connectivity index (χ0v) is 20.1. The van der Waals surface area contributed by atoms with Crippen molar-refractivity contribution in [3.63, 3.8) is 0 Å². The van der Waals surface area contributed by atoms with Crippen LogP contribution in [-0.4, -0.2) is 33.8 Å². The van der Waals surface area contributed by atoms with E-state index in [-0.39, 0.29) is 23.6 Å². The molecule has 0 atom stereocenters. The van der Waals surface area contributed by atoms with Crippen LogP contribution in [0.2, 0.25) is 0 Å². The summed E-state index contributed by atoms with van der Waals surface area (Å²) in [5.41, 5.74) is 2.81. The van der Waals surface area contributed by atoms with Gasteiger partial charge in [-0.15, -0.1) is 10.2 Å². The normalized spacial score (nSPS) is 13.6. The number of aromatic nitrogens is 2. The van der Waals surface area contributed by atoms with Crippen molar-refractivity contribution in [3.05, 3.63) is 84.4 Å². The molecule has 1 aliphatic rings. The number of hydrogen-bond acceptors (Lipinski definition) is 5. The van der Waals surface area contributed by atoms with Crippen molar-refractivity contribution in [3.8, 4) is 11.3 Å². The molecule has 1 aromatic heterocycles. The zero-order chi connectivity index (χ0) is 24.0. The molecule has 7 heteroatoms. The van der Waals surface area contributed by atoms with Crippen molar-refractivity contribution < 1.29 is 9.59 Å². The van der Waals surface area contributed by atoms with Crippen LogP contribution in [0.25, 0.3) is 22.0 Å². The molecule has 0 spiro atoms. The first kappa shape index (κ1) is 23.1. The molecule has 1 saturated carbocycles. The molecule has 0 unspecified atom stereocenters. The lowest BCUT2D eigenvalue weighted by molar-refractivity contribution is -0.113. The lowest BCUT2D eigenvalue weighted by Crippen LogP contribution is -2.33. The third kappa shape index (κ3) is 5.35. The Kier molecular flexibility index (Phi) is 7.04. The van der Waals surface area contributed by atoms with Crippen LogP contribution >= 0.6 is 11.8 Å². The van der Waals surface area contributed by atoms with Crippen molar-refractivity contribution >= 4 is 40.0 Å². The summed E-state index contributed by atoms with van der Waals surface area (Å²) in [6.07, 6.45) is 4.30. The van der Waals surface area contributed by atoms with E-state index in [2.05, 4.69) is 20.8 Å². The summed E-state index contributed by atoms with van der Waals surface area (Å²) in [5, 5.41) is 17.5. The van der Waals surface area contributed by atoms with Gasteiger partial charge in [-0.25, -0.2) is 0 Å². The fourth-order valence-corrected chi connectivity index (χ4v) is 5.21. The van der Waals surface area contributed by atoms with Gasteiger partial charge in [0.05, 0.1) is 17.0 Å². The Bertz CT molecular complexity index is 1350. The Morgan fingerprint density at radius 3 is 2.31 bits per heavy atom. The minimum absolute atomic E-state index is 0.145. The highest BCUT2D eigenvalue weighted by atomic mass is 32.2. The molecule has 0 saturated heterocycles. The van der Waals surface area contributed by atoms with E-state index in [9.17, 15) is 9.59 Å². The van der Waals surface area contributed by atoms with E-state index in [1.54, 1.807) is 12.1 Å². The predicted octanol–water partition coefficient (Wildman–Crippen LogP) is 5.70. The first-order chi connectivity index (χ1) is 17.2. The number of fused-ring (bicyclic) bond motifs is 1. The average Bonchev–Trinajstić information content (AvgIpc) is 3.41. The van der Waals surface area contributed by atoms with Crippen molar-refractivity contribution in [2.45, 2.75) is 36.8 Å². The van der Waals surface area contributed by atoms with E-state index in [1.165, 1.54) is 11.8 Å². The summed E-state index contributed by atoms with van der Waals surface area (Å²) in [6.45, 7) is 0. The smallest absolute Gasteiger partial charge is 0.253 e. The quantitative estimate of drug-likeness (QED) is 0.330. The maximum Gasteiger partial charge on any atom is 0.253 e. The Labute approximate surface area is 208 Å². The van der Waals surface area contributed by atoms with Gasteiger partial charge >= 0.3 is 0 Å². The first-order valence-corrected chi connectivity index (χ1v) is 12.8. The maximum absolute atomic E-state index is 12.8. The summed E-state index contributed by atoms with van der Waals surface area (Å²) >= 11 is 1.34. The van der Waals surface area contributed by atoms with Crippen LogP contribution < -0.4 is 10.6 Å². The highest BCUT2D eigenvalue weighted by molar-refractivity contribution is 8.00. The minimum Gasteiger partial charge on any atom is -0.349 e. The summed E-state index contributed by atoms with van der Waals surface area (Å²) < 4.78 is 0. The van der Waals surface area contributed by atoms with E-state index >= 15 is 0 Å². The van der Waals surface area contributed by atoms with Crippen LogP contribution in [0.15, 0.2) is 83.9 Å². The Hall–Kier alpha value is -3.71. The Balaban J connectivity index is 1.29. The number of anilines is 1. The van der Waals surface area contributed by atoms with Crippen molar-refractivity contribution in [1.29, 1.82) is 0 Å². The summed E-state index contributed by atoms with van der Waals surface area (Å²) in [6, 6.07) is 25.3. The molecule has 176 valence electrons. The second-order valence-corrected chi connectivity index (χ2v) is 9.57. The molecule has 1 heterocycles. The topological polar surface area (TPSA) is 84.0 Å². The van der Waals surface area contributed by atoms with E-state index in [0.717, 1.165) is 47.7 Å². The Morgan fingerprint density at radius 2 is 1.51 bits per heavy atom. The van der Waals surface area contributed by atoms with Gasteiger partial charge in [0, 0.05) is 22.4 Å². The largest absolute Gasteiger partial charge is 0.349 e. The molecule has 0 aliphatic heterocycles. The number of benzene rings is 3. The molecule has 1 fully saturated rings. The summed E-state index contributed by atoms with van der Waals surface area (Å²) in [4.78, 5) is 25.6. The minimum atomic E-state index is -0.200. The van der Waals surface area contributed by atoms with Crippen molar-refractivity contribution in [2.24, 2.45) is 0 Å². The fourth-order valence-electron chi connectivity index (χ4n) is 4.44. The van der Waals surface area contributed by atoms with E-state index < -0.39 is 0 Å². The number of nitrogens with zero attached hydrogens (tertiary/aromatic N) is 2. The second kappa shape index (κ2) is 10.7. The number of carbonyl (C=O) groups excluding carboxylic acids is 2. The van der Waals surface area contributed by atoms with Gasteiger partial charge in [0.2, 0.25) is 5.91 Å². The second-order valence-electron chi connectivity index (χ2n) is 8.60. The maximum atomic E-state index is 12.8. The van der Waals surface area contributed by atoms with Gasteiger partial charge in [0.25, 0.3) is 5.91 Å². The monoisotopic (exact) mass is 482 g/mol. The number of carbonyl (C=O) groups is 2. The number of thioether (sulfide) groups is 1. The number of rotatable bonds is 7. The van der Waals surface area contributed by atoms with Crippen LogP contribution in [0, 0.1) is 0 Å². The van der Waals surface area contributed by atoms with Gasteiger partial charge in [-0.3, -0.25) is 9.59 Å². The standard InChI is InChI=1S/C28H26N4O2S/c33-25(30-24-17-9-8-16-23(24)27(34)29-20-12-4-5-13-20)18-35-28-22-15-7-6-14-21(22)26(31-32-28)19-10-2-1-3-11-19/h1-3,6-11,14-17,20H,4-5,12-13,18H2,(H,29,34)(H,30,33). The number of nitrogens with one attached hydrogen (secondary N) is 2. The van der Waals surface area contributed by atoms with Gasteiger partial charge in [-0.05, 0) is 25.0 Å². The predicted molar refractivity (Wildman–Crippen MR) is 140 cm³/mol. The number of hydrogen-bond donors (Lipinski definition) is 2. The molecular formula is C28H26N4O2S. The molecule has 4 aromatic rings. The van der Waals surface area contributed by atoms with Crippen molar-refractivity contribution in [1.82, 2.24) is 15.5 Å². The average molecular weight is 483 g/mol. The molecule has 0 bridgehead atoms. The molecule has 2 amide bonds. The van der Waals surface area contributed by atoms with Gasteiger partial charge in [-0.1, -0.05) is 91.3 Å². The molecule has 5 rings (SSSR count). The highest BCUT2D eigenvalue weighted by Gasteiger charge is 2.20. The Morgan fingerprint density at radius 1 is 0.829 bits per heavy atom. The molecule has 0 radical (unpaired) electrons. The van der Waals surface area contributed by atoms with E-state index in [4.69, 9.17) is 0 Å². The molecule has 6 nitrogen and oxygen atoms in total. The van der Waals surface area contributed by atoms with Gasteiger partial charge in [0.1, 0.15) is 10.7 Å². The number of para-hydroxylation sites is 1. The summed E-state index contributed by atoms with van der Waals surface area (Å²) in [7, 11) is 0. The SMILES string of the molecule is O=C(CSc1nnc(-c2ccccc2)c2ccccc12)Nc1ccccc1C(=O)NC1CCCC1. The molecule has 1 aliphatic carbocycles. The molecule has 35 heavy (non-hydrogen) atoms. The lowest BCUT2D eigenvalue weighted by Gasteiger charge is -2.15. The lowest BCUT2D eigenvalue weighted by atomic mass is 10.1. The molecular weight excluding hydrogens is 456 g/mol. The van der Waals surface area contributed by atoms with Gasteiger partial charge < -0.3 is 10.6 Å². The third-order valence-corrected chi connectivity index (χ3v) is 7.16. The number of amides is 2. The van der Waals surface area contributed by atoms with Crippen LogP contribution in [0.3, 0.4) is 0 Å². The van der Waals surface area contributed by atoms with Crippen LogP contribution in [0.5, 0.6) is 0 Å². The van der Waals surface area contributed by atoms with Crippen LogP contribution in [0.1, 0.15) is 36.0 Å². The van der Waals surface area contributed by atoms with Crippen LogP contribution in [-0.2, 0) is 4.79 Å².